The Morgan fingerprint density at radius 2 is 2.00 bits per heavy atom. The summed E-state index contributed by atoms with van der Waals surface area (Å²) in [5, 5.41) is 0. The molecule has 6 nitrogen and oxygen atoms in total. The molecular formula is C18H20N6. The molecule has 4 rings (SSSR count). The Hall–Kier alpha value is -2.76. The third kappa shape index (κ3) is 2.87. The molecule has 0 aromatic carbocycles. The minimum atomic E-state index is 0.329. The first-order valence-corrected chi connectivity index (χ1v) is 8.30. The molecule has 3 aromatic rings. The average Bonchev–Trinajstić information content (AvgIpc) is 3.09. The number of pyridine rings is 1. The molecule has 24 heavy (non-hydrogen) atoms. The van der Waals surface area contributed by atoms with E-state index in [1.807, 2.05) is 31.5 Å². The molecule has 0 saturated carbocycles. The van der Waals surface area contributed by atoms with Gasteiger partial charge in [0.1, 0.15) is 11.5 Å². The lowest BCUT2D eigenvalue weighted by molar-refractivity contribution is 0.498. The molecule has 0 bridgehead atoms. The van der Waals surface area contributed by atoms with Gasteiger partial charge in [0.2, 0.25) is 0 Å². The number of aromatic amines is 1. The molecule has 0 unspecified atom stereocenters. The minimum Gasteiger partial charge on any atom is -0.356 e. The van der Waals surface area contributed by atoms with Crippen molar-refractivity contribution in [2.45, 2.75) is 25.7 Å². The zero-order valence-electron chi connectivity index (χ0n) is 13.7. The Morgan fingerprint density at radius 1 is 1.08 bits per heavy atom. The Bertz CT molecular complexity index is 813. The standard InChI is InChI=1S/C18H20N6/c1-13-11-22-18(23-13)17-16(20-8-9-21-17)14-5-4-10-24(12-14)15-6-2-3-7-19-15/h2-3,6-9,11,14H,4-5,10,12H2,1H3,(H,22,23)/t14-/m0/s1. The summed E-state index contributed by atoms with van der Waals surface area (Å²) >= 11 is 0. The van der Waals surface area contributed by atoms with E-state index in [9.17, 15) is 0 Å². The molecule has 1 fully saturated rings. The Balaban J connectivity index is 1.64. The first-order chi connectivity index (χ1) is 11.8. The molecule has 1 aliphatic heterocycles. The number of anilines is 1. The molecule has 1 aliphatic rings. The lowest BCUT2D eigenvalue weighted by Gasteiger charge is -2.33. The Labute approximate surface area is 141 Å². The van der Waals surface area contributed by atoms with Gasteiger partial charge in [-0.2, -0.15) is 0 Å². The van der Waals surface area contributed by atoms with Crippen LogP contribution in [-0.4, -0.2) is 38.0 Å². The summed E-state index contributed by atoms with van der Waals surface area (Å²) in [6.45, 7) is 3.93. The van der Waals surface area contributed by atoms with E-state index in [-0.39, 0.29) is 0 Å². The van der Waals surface area contributed by atoms with E-state index in [1.54, 1.807) is 12.4 Å². The van der Waals surface area contributed by atoms with E-state index in [0.29, 0.717) is 5.92 Å². The number of piperidine rings is 1. The second kappa shape index (κ2) is 6.39. The number of H-pyrrole nitrogens is 1. The molecule has 3 aromatic heterocycles. The fourth-order valence-electron chi connectivity index (χ4n) is 3.31. The normalized spacial score (nSPS) is 17.9. The predicted molar refractivity (Wildman–Crippen MR) is 92.8 cm³/mol. The number of hydrogen-bond donors (Lipinski definition) is 1. The van der Waals surface area contributed by atoms with Crippen molar-refractivity contribution in [1.82, 2.24) is 24.9 Å². The van der Waals surface area contributed by atoms with Crippen LogP contribution in [0.4, 0.5) is 5.82 Å². The topological polar surface area (TPSA) is 70.6 Å². The number of hydrogen-bond acceptors (Lipinski definition) is 5. The number of aryl methyl sites for hydroxylation is 1. The Morgan fingerprint density at radius 3 is 2.79 bits per heavy atom. The molecule has 0 radical (unpaired) electrons. The van der Waals surface area contributed by atoms with Crippen LogP contribution in [0.25, 0.3) is 11.5 Å². The summed E-state index contributed by atoms with van der Waals surface area (Å²) in [5.41, 5.74) is 2.91. The molecule has 1 N–H and O–H groups in total. The Kier molecular flexibility index (Phi) is 3.94. The van der Waals surface area contributed by atoms with Crippen LogP contribution in [0, 0.1) is 6.92 Å². The quantitative estimate of drug-likeness (QED) is 0.803. The minimum absolute atomic E-state index is 0.329. The van der Waals surface area contributed by atoms with Gasteiger partial charge in [0.25, 0.3) is 0 Å². The fourth-order valence-corrected chi connectivity index (χ4v) is 3.31. The molecule has 1 atom stereocenters. The molecule has 4 heterocycles. The smallest absolute Gasteiger partial charge is 0.158 e. The maximum Gasteiger partial charge on any atom is 0.158 e. The van der Waals surface area contributed by atoms with Gasteiger partial charge in [0.15, 0.2) is 5.82 Å². The molecule has 1 saturated heterocycles. The van der Waals surface area contributed by atoms with Crippen LogP contribution in [0.15, 0.2) is 43.0 Å². The molecule has 0 aliphatic carbocycles. The van der Waals surface area contributed by atoms with E-state index in [2.05, 4.69) is 35.9 Å². The first-order valence-electron chi connectivity index (χ1n) is 8.30. The van der Waals surface area contributed by atoms with Crippen molar-refractivity contribution in [3.63, 3.8) is 0 Å². The van der Waals surface area contributed by atoms with Crippen molar-refractivity contribution < 1.29 is 0 Å². The van der Waals surface area contributed by atoms with Gasteiger partial charge in [-0.3, -0.25) is 4.98 Å². The third-order valence-electron chi connectivity index (χ3n) is 4.44. The van der Waals surface area contributed by atoms with Crippen LogP contribution in [0.2, 0.25) is 0 Å². The van der Waals surface area contributed by atoms with E-state index in [1.165, 1.54) is 0 Å². The average molecular weight is 320 g/mol. The summed E-state index contributed by atoms with van der Waals surface area (Å²) in [7, 11) is 0. The second-order valence-electron chi connectivity index (χ2n) is 6.18. The van der Waals surface area contributed by atoms with Crippen LogP contribution in [0.1, 0.15) is 30.1 Å². The van der Waals surface area contributed by atoms with Crippen molar-refractivity contribution in [1.29, 1.82) is 0 Å². The lowest BCUT2D eigenvalue weighted by Crippen LogP contribution is -2.35. The molecule has 6 heteroatoms. The van der Waals surface area contributed by atoms with Gasteiger partial charge in [-0.15, -0.1) is 0 Å². The molecule has 0 spiro atoms. The van der Waals surface area contributed by atoms with Gasteiger partial charge in [0, 0.05) is 49.5 Å². The lowest BCUT2D eigenvalue weighted by atomic mass is 9.93. The third-order valence-corrected chi connectivity index (χ3v) is 4.44. The van der Waals surface area contributed by atoms with Crippen molar-refractivity contribution in [2.75, 3.05) is 18.0 Å². The zero-order valence-corrected chi connectivity index (χ0v) is 13.7. The van der Waals surface area contributed by atoms with Gasteiger partial charge >= 0.3 is 0 Å². The summed E-state index contributed by atoms with van der Waals surface area (Å²) < 4.78 is 0. The van der Waals surface area contributed by atoms with Crippen LogP contribution in [0.5, 0.6) is 0 Å². The van der Waals surface area contributed by atoms with Gasteiger partial charge in [-0.05, 0) is 31.9 Å². The number of aromatic nitrogens is 5. The van der Waals surface area contributed by atoms with E-state index >= 15 is 0 Å². The fraction of sp³-hybridized carbons (Fsp3) is 0.333. The molecular weight excluding hydrogens is 300 g/mol. The predicted octanol–water partition coefficient (Wildman–Crippen LogP) is 2.95. The SMILES string of the molecule is Cc1cnc(-c2nccnc2[C@H]2CCCN(c3ccccn3)C2)[nH]1. The number of nitrogens with zero attached hydrogens (tertiary/aromatic N) is 5. The van der Waals surface area contributed by atoms with E-state index < -0.39 is 0 Å². The van der Waals surface area contributed by atoms with Crippen LogP contribution in [0.3, 0.4) is 0 Å². The summed E-state index contributed by atoms with van der Waals surface area (Å²) in [5.74, 6) is 2.15. The molecule has 122 valence electrons. The highest BCUT2D eigenvalue weighted by molar-refractivity contribution is 5.54. The van der Waals surface area contributed by atoms with E-state index in [4.69, 9.17) is 0 Å². The summed E-state index contributed by atoms with van der Waals surface area (Å²) in [6.07, 6.45) is 9.40. The summed E-state index contributed by atoms with van der Waals surface area (Å²) in [4.78, 5) is 23.7. The van der Waals surface area contributed by atoms with Gasteiger partial charge in [0.05, 0.1) is 5.69 Å². The second-order valence-corrected chi connectivity index (χ2v) is 6.18. The van der Waals surface area contributed by atoms with E-state index in [0.717, 1.165) is 54.7 Å². The number of imidazole rings is 1. The monoisotopic (exact) mass is 320 g/mol. The van der Waals surface area contributed by atoms with Gasteiger partial charge in [-0.25, -0.2) is 15.0 Å². The van der Waals surface area contributed by atoms with Crippen LogP contribution >= 0.6 is 0 Å². The van der Waals surface area contributed by atoms with Crippen molar-refractivity contribution in [3.05, 3.63) is 54.4 Å². The zero-order chi connectivity index (χ0) is 16.4. The van der Waals surface area contributed by atoms with Crippen molar-refractivity contribution in [2.24, 2.45) is 0 Å². The van der Waals surface area contributed by atoms with Gasteiger partial charge < -0.3 is 9.88 Å². The van der Waals surface area contributed by atoms with Crippen LogP contribution < -0.4 is 4.90 Å². The first kappa shape index (κ1) is 14.8. The maximum atomic E-state index is 4.65. The summed E-state index contributed by atoms with van der Waals surface area (Å²) in [6, 6.07) is 6.05. The van der Waals surface area contributed by atoms with Crippen LogP contribution in [-0.2, 0) is 0 Å². The largest absolute Gasteiger partial charge is 0.356 e. The highest BCUT2D eigenvalue weighted by Crippen LogP contribution is 2.32. The number of rotatable bonds is 3. The van der Waals surface area contributed by atoms with Gasteiger partial charge in [-0.1, -0.05) is 6.07 Å². The highest BCUT2D eigenvalue weighted by Gasteiger charge is 2.26. The number of nitrogens with one attached hydrogen (secondary N) is 1. The highest BCUT2D eigenvalue weighted by atomic mass is 15.2. The van der Waals surface area contributed by atoms with Crippen molar-refractivity contribution in [3.8, 4) is 11.5 Å². The van der Waals surface area contributed by atoms with Crippen molar-refractivity contribution >= 4 is 5.82 Å². The maximum absolute atomic E-state index is 4.65. The molecule has 0 amide bonds.